The van der Waals surface area contributed by atoms with Crippen molar-refractivity contribution >= 4 is 7.82 Å². The summed E-state index contributed by atoms with van der Waals surface area (Å²) in [5.74, 6) is 0. The minimum absolute atomic E-state index is 0. The van der Waals surface area contributed by atoms with Crippen LogP contribution >= 0.6 is 7.82 Å². The van der Waals surface area contributed by atoms with Gasteiger partial charge in [-0.2, -0.15) is 7.82 Å². The van der Waals surface area contributed by atoms with Crippen LogP contribution in [0.3, 0.4) is 0 Å². The van der Waals surface area contributed by atoms with Crippen LogP contribution in [0.1, 0.15) is 0 Å². The second-order valence-corrected chi connectivity index (χ2v) is 1.34. The van der Waals surface area contributed by atoms with Crippen LogP contribution in [0.2, 0.25) is 0 Å². The first-order valence-electron chi connectivity index (χ1n) is 0.730. The second kappa shape index (κ2) is 3.61. The minimum Gasteiger partial charge on any atom is -0.822 e. The van der Waals surface area contributed by atoms with Crippen LogP contribution in [0.15, 0.2) is 0 Å². The number of phosphoric acid groups is 1. The van der Waals surface area contributed by atoms with Crippen molar-refractivity contribution in [3.8, 4) is 0 Å². The maximum absolute atomic E-state index is 8.55. The molecule has 43 valence electrons. The zero-order valence-electron chi connectivity index (χ0n) is 2.35. The molecule has 0 bridgehead atoms. The van der Waals surface area contributed by atoms with Gasteiger partial charge in [0, 0.05) is 0 Å². The molecule has 0 saturated heterocycles. The van der Waals surface area contributed by atoms with E-state index in [1.807, 2.05) is 0 Å². The fraction of sp³-hybridized carbons (Fsp3) is 0. The molecule has 0 rings (SSSR count). The van der Waals surface area contributed by atoms with Gasteiger partial charge in [0.25, 0.3) is 0 Å². The Balaban J connectivity index is 0. The largest absolute Gasteiger partial charge is 3.00 e. The Morgan fingerprint density at radius 2 is 1.17 bits per heavy atom. The molecule has 0 aliphatic carbocycles. The van der Waals surface area contributed by atoms with Crippen molar-refractivity contribution in [2.75, 3.05) is 0 Å². The van der Waals surface area contributed by atoms with Gasteiger partial charge in [0.1, 0.15) is 0 Å². The summed E-state index contributed by atoms with van der Waals surface area (Å²) in [4.78, 5) is 25.6. The molecule has 1 radical (unpaired) electrons. The second-order valence-electron chi connectivity index (χ2n) is 0.447. The molecule has 0 aromatic heterocycles. The van der Waals surface area contributed by atoms with Gasteiger partial charge in [-0.3, -0.25) is 0 Å². The Labute approximate surface area is 73.0 Å². The van der Waals surface area contributed by atoms with Crippen molar-refractivity contribution in [3.05, 3.63) is 0 Å². The molecule has 0 aliphatic heterocycles. The van der Waals surface area contributed by atoms with Gasteiger partial charge in [-0.05, 0) is 0 Å². The van der Waals surface area contributed by atoms with E-state index in [4.69, 9.17) is 19.2 Å². The van der Waals surface area contributed by atoms with Crippen LogP contribution < -0.4 is 14.7 Å². The maximum Gasteiger partial charge on any atom is 3.00 e. The van der Waals surface area contributed by atoms with Crippen molar-refractivity contribution in [2.24, 2.45) is 0 Å². The molecule has 0 heterocycles. The van der Waals surface area contributed by atoms with E-state index >= 15 is 0 Å². The van der Waals surface area contributed by atoms with Crippen LogP contribution in [-0.2, 0) is 4.57 Å². The fourth-order valence-electron chi connectivity index (χ4n) is 0. The summed E-state index contributed by atoms with van der Waals surface area (Å²) < 4.78 is 8.55. The first kappa shape index (κ1) is 10.6. The molecule has 0 atom stereocenters. The average molecular weight is 268 g/mol. The summed E-state index contributed by atoms with van der Waals surface area (Å²) in [5.41, 5.74) is 0. The van der Waals surface area contributed by atoms with E-state index in [1.54, 1.807) is 0 Å². The topological polar surface area (TPSA) is 86.2 Å². The Kier molecular flexibility index (Phi) is 6.36. The quantitative estimate of drug-likeness (QED) is 0.443. The third kappa shape index (κ3) is 45.4. The SMILES string of the molecule is O=P([O-])([O-])[O-].[Yb+3]. The Morgan fingerprint density at radius 1 is 1.17 bits per heavy atom. The maximum atomic E-state index is 8.55. The van der Waals surface area contributed by atoms with Gasteiger partial charge < -0.3 is 19.2 Å². The van der Waals surface area contributed by atoms with Crippen molar-refractivity contribution in [2.45, 2.75) is 0 Å². The summed E-state index contributed by atoms with van der Waals surface area (Å²) >= 11 is 0. The standard InChI is InChI=1S/H3O4P.Yb/c1-5(2,3)4;/h(H3,1,2,3,4);/q;+3/p-3. The summed E-state index contributed by atoms with van der Waals surface area (Å²) in [5, 5.41) is 0. The van der Waals surface area contributed by atoms with E-state index in [2.05, 4.69) is 0 Å². The fourth-order valence-corrected chi connectivity index (χ4v) is 0. The predicted molar refractivity (Wildman–Crippen MR) is 7.61 cm³/mol. The number of hydrogen-bond acceptors (Lipinski definition) is 4. The summed E-state index contributed by atoms with van der Waals surface area (Å²) in [7, 11) is -5.39. The van der Waals surface area contributed by atoms with Gasteiger partial charge >= 0.3 is 46.9 Å². The van der Waals surface area contributed by atoms with Crippen LogP contribution in [0, 0.1) is 46.9 Å². The Hall–Kier alpha value is 1.63. The molecule has 0 saturated carbocycles. The average Bonchev–Trinajstić information content (AvgIpc) is 0.722. The normalized spacial score (nSPS) is 9.83. The molecule has 4 nitrogen and oxygen atoms in total. The molecule has 0 unspecified atom stereocenters. The zero-order valence-corrected chi connectivity index (χ0v) is 4.96. The zero-order chi connectivity index (χ0) is 4.50. The third-order valence-corrected chi connectivity index (χ3v) is 0. The third-order valence-electron chi connectivity index (χ3n) is 0. The van der Waals surface area contributed by atoms with E-state index in [0.717, 1.165) is 0 Å². The van der Waals surface area contributed by atoms with E-state index in [9.17, 15) is 0 Å². The van der Waals surface area contributed by atoms with Crippen LogP contribution in [0.5, 0.6) is 0 Å². The molecular formula is O4PYb. The molecule has 0 spiro atoms. The molecule has 0 aromatic carbocycles. The van der Waals surface area contributed by atoms with E-state index in [-0.39, 0.29) is 46.9 Å². The molecule has 0 amide bonds. The molecular weight excluding hydrogens is 268 g/mol. The number of hydrogen-bond donors (Lipinski definition) is 0. The van der Waals surface area contributed by atoms with Gasteiger partial charge in [-0.1, -0.05) is 0 Å². The molecule has 6 heavy (non-hydrogen) atoms. The van der Waals surface area contributed by atoms with Crippen LogP contribution in [-0.4, -0.2) is 0 Å². The monoisotopic (exact) mass is 269 g/mol. The molecule has 6 heteroatoms. The summed E-state index contributed by atoms with van der Waals surface area (Å²) in [6.07, 6.45) is 0. The van der Waals surface area contributed by atoms with E-state index in [1.165, 1.54) is 0 Å². The van der Waals surface area contributed by atoms with Crippen molar-refractivity contribution in [1.82, 2.24) is 0 Å². The van der Waals surface area contributed by atoms with Crippen molar-refractivity contribution < 1.29 is 66.2 Å². The van der Waals surface area contributed by atoms with Gasteiger partial charge in [0.2, 0.25) is 0 Å². The van der Waals surface area contributed by atoms with Gasteiger partial charge in [-0.25, -0.2) is 0 Å². The van der Waals surface area contributed by atoms with Crippen molar-refractivity contribution in [3.63, 3.8) is 0 Å². The van der Waals surface area contributed by atoms with E-state index in [0.29, 0.717) is 0 Å². The molecule has 0 N–H and O–H groups in total. The molecule has 0 aromatic rings. The minimum atomic E-state index is -5.39. The number of rotatable bonds is 0. The van der Waals surface area contributed by atoms with E-state index < -0.39 is 7.82 Å². The summed E-state index contributed by atoms with van der Waals surface area (Å²) in [6.45, 7) is 0. The van der Waals surface area contributed by atoms with Crippen molar-refractivity contribution in [1.29, 1.82) is 0 Å². The Morgan fingerprint density at radius 3 is 1.17 bits per heavy atom. The van der Waals surface area contributed by atoms with Gasteiger partial charge in [0.15, 0.2) is 0 Å². The molecule has 0 aliphatic rings. The van der Waals surface area contributed by atoms with Crippen LogP contribution in [0.25, 0.3) is 0 Å². The van der Waals surface area contributed by atoms with Gasteiger partial charge in [0.05, 0.1) is 0 Å². The van der Waals surface area contributed by atoms with Crippen LogP contribution in [0.4, 0.5) is 0 Å². The predicted octanol–water partition coefficient (Wildman–Crippen LogP) is -2.82. The smallest absolute Gasteiger partial charge is 0.822 e. The first-order chi connectivity index (χ1) is 2.00. The molecule has 0 fully saturated rings. The first-order valence-corrected chi connectivity index (χ1v) is 2.19. The Bertz CT molecular complexity index is 53.7. The van der Waals surface area contributed by atoms with Gasteiger partial charge in [-0.15, -0.1) is 0 Å². The summed E-state index contributed by atoms with van der Waals surface area (Å²) in [6, 6.07) is 0.